The third kappa shape index (κ3) is 4.20. The van der Waals surface area contributed by atoms with E-state index in [9.17, 15) is 8.42 Å². The van der Waals surface area contributed by atoms with E-state index in [1.54, 1.807) is 12.1 Å². The fourth-order valence-electron chi connectivity index (χ4n) is 2.35. The van der Waals surface area contributed by atoms with Crippen molar-refractivity contribution < 1.29 is 8.42 Å². The normalized spacial score (nSPS) is 20.5. The molecule has 21 heavy (non-hydrogen) atoms. The minimum absolute atomic E-state index is 0.135. The Bertz CT molecular complexity index is 601. The van der Waals surface area contributed by atoms with Crippen molar-refractivity contribution in [2.75, 3.05) is 17.8 Å². The largest absolute Gasteiger partial charge is 0.329 e. The number of hydrogen-bond donors (Lipinski definition) is 2. The molecule has 0 aliphatic carbocycles. The molecule has 1 saturated heterocycles. The molecule has 3 N–H and O–H groups in total. The van der Waals surface area contributed by atoms with Gasteiger partial charge in [-0.25, -0.2) is 0 Å². The van der Waals surface area contributed by atoms with Gasteiger partial charge in [-0.15, -0.1) is 0 Å². The Balaban J connectivity index is 2.29. The fraction of sp³-hybridized carbons (Fsp3) is 0.500. The second-order valence-corrected chi connectivity index (χ2v) is 9.10. The van der Waals surface area contributed by atoms with Gasteiger partial charge >= 0.3 is 10.2 Å². The Morgan fingerprint density at radius 1 is 1.24 bits per heavy atom. The summed E-state index contributed by atoms with van der Waals surface area (Å²) in [7, 11) is -3.63. The first-order valence-electron chi connectivity index (χ1n) is 6.49. The lowest BCUT2D eigenvalue weighted by Crippen LogP contribution is -2.49. The minimum Gasteiger partial charge on any atom is -0.329 e. The first kappa shape index (κ1) is 17.7. The highest BCUT2D eigenvalue weighted by Crippen LogP contribution is 2.35. The molecule has 0 aromatic heterocycles. The van der Waals surface area contributed by atoms with E-state index in [0.717, 1.165) is 23.7 Å². The highest BCUT2D eigenvalue weighted by molar-refractivity contribution is 9.11. The number of nitrogens with one attached hydrogen (secondary N) is 1. The van der Waals surface area contributed by atoms with E-state index in [4.69, 9.17) is 5.73 Å². The Labute approximate surface area is 150 Å². The van der Waals surface area contributed by atoms with Crippen LogP contribution in [0.25, 0.3) is 0 Å². The van der Waals surface area contributed by atoms with Crippen LogP contribution in [-0.4, -0.2) is 31.9 Å². The van der Waals surface area contributed by atoms with Gasteiger partial charge in [-0.3, -0.25) is 4.72 Å². The number of hydrogen-bond acceptors (Lipinski definition) is 3. The molecule has 1 aromatic rings. The highest BCUT2D eigenvalue weighted by Gasteiger charge is 2.32. The van der Waals surface area contributed by atoms with Crippen LogP contribution in [0, 0.1) is 0 Å². The summed E-state index contributed by atoms with van der Waals surface area (Å²) in [5.74, 6) is 0. The van der Waals surface area contributed by atoms with Crippen LogP contribution in [0.5, 0.6) is 0 Å². The van der Waals surface area contributed by atoms with E-state index >= 15 is 0 Å². The third-order valence-corrected chi connectivity index (χ3v) is 6.66. The molecule has 0 bridgehead atoms. The molecule has 1 aliphatic heterocycles. The monoisotopic (exact) mass is 503 g/mol. The van der Waals surface area contributed by atoms with Crippen LogP contribution < -0.4 is 10.5 Å². The second kappa shape index (κ2) is 7.27. The molecule has 0 radical (unpaired) electrons. The average molecular weight is 506 g/mol. The molecule has 0 saturated carbocycles. The maximum Gasteiger partial charge on any atom is 0.302 e. The van der Waals surface area contributed by atoms with E-state index in [1.807, 2.05) is 0 Å². The number of benzene rings is 1. The van der Waals surface area contributed by atoms with E-state index in [1.165, 1.54) is 4.31 Å². The van der Waals surface area contributed by atoms with Crippen molar-refractivity contribution in [2.24, 2.45) is 5.73 Å². The molecule has 1 atom stereocenters. The van der Waals surface area contributed by atoms with Gasteiger partial charge in [-0.2, -0.15) is 12.7 Å². The quantitative estimate of drug-likeness (QED) is 0.658. The summed E-state index contributed by atoms with van der Waals surface area (Å²) in [6.45, 7) is 0.840. The maximum absolute atomic E-state index is 12.6. The Morgan fingerprint density at radius 3 is 2.43 bits per heavy atom. The Morgan fingerprint density at radius 2 is 1.86 bits per heavy atom. The van der Waals surface area contributed by atoms with Crippen LogP contribution in [0.15, 0.2) is 25.6 Å². The summed E-state index contributed by atoms with van der Waals surface area (Å²) in [5.41, 5.74) is 6.19. The minimum atomic E-state index is -3.63. The van der Waals surface area contributed by atoms with Gasteiger partial charge in [-0.1, -0.05) is 22.4 Å². The number of nitrogens with zero attached hydrogens (tertiary/aromatic N) is 1. The van der Waals surface area contributed by atoms with Crippen LogP contribution in [0.1, 0.15) is 19.3 Å². The molecule has 1 aliphatic rings. The third-order valence-electron chi connectivity index (χ3n) is 3.39. The standard InChI is InChI=1S/C12H16Br3N3O2S/c13-8-5-10(14)12(11(15)6-8)17-21(19,20)18-4-2-1-3-9(18)7-16/h5-6,9,17H,1-4,7,16H2. The molecule has 9 heteroatoms. The zero-order valence-corrected chi connectivity index (χ0v) is 16.7. The highest BCUT2D eigenvalue weighted by atomic mass is 79.9. The van der Waals surface area contributed by atoms with Gasteiger partial charge < -0.3 is 5.73 Å². The predicted octanol–water partition coefficient (Wildman–Crippen LogP) is 3.44. The Kier molecular flexibility index (Phi) is 6.12. The number of rotatable bonds is 4. The summed E-state index contributed by atoms with van der Waals surface area (Å²) in [6, 6.07) is 3.45. The van der Waals surface area contributed by atoms with Gasteiger partial charge in [0.05, 0.1) is 5.69 Å². The topological polar surface area (TPSA) is 75.4 Å². The van der Waals surface area contributed by atoms with Gasteiger partial charge in [0.15, 0.2) is 0 Å². The van der Waals surface area contributed by atoms with E-state index < -0.39 is 10.2 Å². The molecule has 2 rings (SSSR count). The lowest BCUT2D eigenvalue weighted by Gasteiger charge is -2.34. The molecule has 1 heterocycles. The SMILES string of the molecule is NCC1CCCCN1S(=O)(=O)Nc1c(Br)cc(Br)cc1Br. The van der Waals surface area contributed by atoms with Gasteiger partial charge in [0.2, 0.25) is 0 Å². The van der Waals surface area contributed by atoms with E-state index in [-0.39, 0.29) is 6.04 Å². The second-order valence-electron chi connectivity index (χ2n) is 4.85. The molecule has 0 spiro atoms. The molecule has 5 nitrogen and oxygen atoms in total. The number of nitrogens with two attached hydrogens (primary N) is 1. The first-order chi connectivity index (χ1) is 9.85. The fourth-order valence-corrected chi connectivity index (χ4v) is 6.62. The van der Waals surface area contributed by atoms with Crippen molar-refractivity contribution >= 4 is 63.7 Å². The summed E-state index contributed by atoms with van der Waals surface area (Å²) < 4.78 is 31.5. The van der Waals surface area contributed by atoms with Crippen LogP contribution >= 0.6 is 47.8 Å². The van der Waals surface area contributed by atoms with Crippen LogP contribution in [0.4, 0.5) is 5.69 Å². The van der Waals surface area contributed by atoms with Crippen molar-refractivity contribution in [2.45, 2.75) is 25.3 Å². The zero-order valence-electron chi connectivity index (χ0n) is 11.2. The molecular weight excluding hydrogens is 490 g/mol. The van der Waals surface area contributed by atoms with Crippen LogP contribution in [0.2, 0.25) is 0 Å². The van der Waals surface area contributed by atoms with E-state index in [0.29, 0.717) is 27.7 Å². The molecular formula is C12H16Br3N3O2S. The van der Waals surface area contributed by atoms with Gasteiger partial charge in [-0.05, 0) is 56.8 Å². The maximum atomic E-state index is 12.6. The van der Waals surface area contributed by atoms with Crippen LogP contribution in [0.3, 0.4) is 0 Å². The summed E-state index contributed by atoms with van der Waals surface area (Å²) in [4.78, 5) is 0. The predicted molar refractivity (Wildman–Crippen MR) is 95.5 cm³/mol. The zero-order chi connectivity index (χ0) is 15.6. The van der Waals surface area contributed by atoms with Gasteiger partial charge in [0.25, 0.3) is 0 Å². The number of anilines is 1. The lowest BCUT2D eigenvalue weighted by molar-refractivity contribution is 0.259. The molecule has 1 fully saturated rings. The lowest BCUT2D eigenvalue weighted by atomic mass is 10.1. The van der Waals surface area contributed by atoms with Crippen molar-refractivity contribution in [1.82, 2.24) is 4.31 Å². The van der Waals surface area contributed by atoms with Crippen molar-refractivity contribution in [3.63, 3.8) is 0 Å². The van der Waals surface area contributed by atoms with Crippen molar-refractivity contribution in [3.05, 3.63) is 25.6 Å². The molecule has 0 amide bonds. The van der Waals surface area contributed by atoms with Crippen molar-refractivity contribution in [1.29, 1.82) is 0 Å². The molecule has 1 unspecified atom stereocenters. The van der Waals surface area contributed by atoms with Crippen LogP contribution in [-0.2, 0) is 10.2 Å². The summed E-state index contributed by atoms with van der Waals surface area (Å²) in [6.07, 6.45) is 2.68. The van der Waals surface area contributed by atoms with Crippen molar-refractivity contribution in [3.8, 4) is 0 Å². The smallest absolute Gasteiger partial charge is 0.302 e. The number of halogens is 3. The average Bonchev–Trinajstić information content (AvgIpc) is 2.43. The summed E-state index contributed by atoms with van der Waals surface area (Å²) in [5, 5.41) is 0. The first-order valence-corrected chi connectivity index (χ1v) is 10.3. The number of piperidine rings is 1. The summed E-state index contributed by atoms with van der Waals surface area (Å²) >= 11 is 10.1. The molecule has 1 aromatic carbocycles. The molecule has 118 valence electrons. The van der Waals surface area contributed by atoms with E-state index in [2.05, 4.69) is 52.5 Å². The van der Waals surface area contributed by atoms with Gasteiger partial charge in [0, 0.05) is 32.5 Å². The Hall–Kier alpha value is 0.330. The van der Waals surface area contributed by atoms with Gasteiger partial charge in [0.1, 0.15) is 0 Å².